The van der Waals surface area contributed by atoms with Gasteiger partial charge in [-0.2, -0.15) is 10.1 Å². The van der Waals surface area contributed by atoms with Crippen LogP contribution >= 0.6 is 0 Å². The Morgan fingerprint density at radius 2 is 2.12 bits per heavy atom. The summed E-state index contributed by atoms with van der Waals surface area (Å²) in [5, 5.41) is 10.4. The quantitative estimate of drug-likeness (QED) is 0.567. The average Bonchev–Trinajstić information content (AvgIpc) is 3.02. The van der Waals surface area contributed by atoms with Gasteiger partial charge in [0.25, 0.3) is 0 Å². The number of fused-ring (bicyclic) bond motifs is 1. The lowest BCUT2D eigenvalue weighted by Gasteiger charge is -2.17. The summed E-state index contributed by atoms with van der Waals surface area (Å²) < 4.78 is 19.6. The molecule has 0 unspecified atom stereocenters. The average molecular weight is 359 g/mol. The fraction of sp³-hybridized carbons (Fsp3) is 0.353. The number of H-pyrrole nitrogens is 1. The molecule has 138 valence electrons. The van der Waals surface area contributed by atoms with Crippen molar-refractivity contribution in [2.75, 3.05) is 37.3 Å². The zero-order chi connectivity index (χ0) is 18.5. The standard InChI is InChI=1S/C17H22FN7O/c1-3-25(4-2)7-8-26-17-20-10-13(18)16(22-17)21-11-5-6-14-12(9-11)15(19)24-23-14/h5-6,9-10H,3-4,7-8H2,1-2H3,(H3,19,23,24)(H,20,21,22). The Bertz CT molecular complexity index is 879. The summed E-state index contributed by atoms with van der Waals surface area (Å²) in [6.45, 7) is 7.25. The predicted octanol–water partition coefficient (Wildman–Crippen LogP) is 2.54. The molecular formula is C17H22FN7O. The van der Waals surface area contributed by atoms with E-state index in [0.717, 1.165) is 36.7 Å². The van der Waals surface area contributed by atoms with Crippen LogP contribution in [0.4, 0.5) is 21.7 Å². The summed E-state index contributed by atoms with van der Waals surface area (Å²) >= 11 is 0. The minimum Gasteiger partial charge on any atom is -0.462 e. The van der Waals surface area contributed by atoms with Gasteiger partial charge in [-0.3, -0.25) is 5.10 Å². The van der Waals surface area contributed by atoms with Crippen molar-refractivity contribution < 1.29 is 9.13 Å². The van der Waals surface area contributed by atoms with Gasteiger partial charge >= 0.3 is 6.01 Å². The van der Waals surface area contributed by atoms with Gasteiger partial charge in [-0.15, -0.1) is 0 Å². The third kappa shape index (κ3) is 3.99. The molecule has 0 saturated heterocycles. The van der Waals surface area contributed by atoms with E-state index in [1.54, 1.807) is 12.1 Å². The molecule has 0 aliphatic heterocycles. The van der Waals surface area contributed by atoms with Crippen LogP contribution in [0.2, 0.25) is 0 Å². The molecule has 0 bridgehead atoms. The molecule has 0 spiro atoms. The molecule has 0 radical (unpaired) electrons. The van der Waals surface area contributed by atoms with Crippen LogP contribution in [0.25, 0.3) is 10.9 Å². The van der Waals surface area contributed by atoms with Gasteiger partial charge < -0.3 is 20.7 Å². The minimum absolute atomic E-state index is 0.0410. The maximum atomic E-state index is 14.1. The molecule has 2 aromatic heterocycles. The van der Waals surface area contributed by atoms with Crippen molar-refractivity contribution in [3.05, 3.63) is 30.2 Å². The highest BCUT2D eigenvalue weighted by molar-refractivity contribution is 5.91. The summed E-state index contributed by atoms with van der Waals surface area (Å²) in [4.78, 5) is 10.2. The van der Waals surface area contributed by atoms with E-state index in [0.29, 0.717) is 18.1 Å². The maximum Gasteiger partial charge on any atom is 0.318 e. The molecule has 0 aliphatic carbocycles. The minimum atomic E-state index is -0.568. The number of aromatic amines is 1. The highest BCUT2D eigenvalue weighted by Crippen LogP contribution is 2.25. The molecular weight excluding hydrogens is 337 g/mol. The van der Waals surface area contributed by atoms with Crippen LogP contribution in [-0.2, 0) is 0 Å². The lowest BCUT2D eigenvalue weighted by molar-refractivity contribution is 0.212. The first-order chi connectivity index (χ1) is 12.6. The Morgan fingerprint density at radius 1 is 1.31 bits per heavy atom. The number of ether oxygens (including phenoxy) is 1. The molecule has 3 aromatic rings. The highest BCUT2D eigenvalue weighted by Gasteiger charge is 2.10. The molecule has 9 heteroatoms. The Morgan fingerprint density at radius 3 is 2.88 bits per heavy atom. The van der Waals surface area contributed by atoms with Gasteiger partial charge in [-0.25, -0.2) is 9.37 Å². The normalized spacial score (nSPS) is 11.2. The Labute approximate surface area is 150 Å². The summed E-state index contributed by atoms with van der Waals surface area (Å²) in [7, 11) is 0. The van der Waals surface area contributed by atoms with E-state index in [1.165, 1.54) is 0 Å². The van der Waals surface area contributed by atoms with Gasteiger partial charge in [0, 0.05) is 17.6 Å². The zero-order valence-corrected chi connectivity index (χ0v) is 14.8. The summed E-state index contributed by atoms with van der Waals surface area (Å²) in [5.41, 5.74) is 7.24. The highest BCUT2D eigenvalue weighted by atomic mass is 19.1. The van der Waals surface area contributed by atoms with Crippen LogP contribution in [0.3, 0.4) is 0 Å². The third-order valence-electron chi connectivity index (χ3n) is 4.11. The zero-order valence-electron chi connectivity index (χ0n) is 14.8. The number of hydrogen-bond acceptors (Lipinski definition) is 7. The van der Waals surface area contributed by atoms with E-state index in [-0.39, 0.29) is 11.8 Å². The Hall–Kier alpha value is -2.94. The first-order valence-electron chi connectivity index (χ1n) is 8.49. The van der Waals surface area contributed by atoms with Crippen LogP contribution in [-0.4, -0.2) is 51.3 Å². The van der Waals surface area contributed by atoms with Crippen molar-refractivity contribution in [1.82, 2.24) is 25.1 Å². The van der Waals surface area contributed by atoms with Gasteiger partial charge in [-0.1, -0.05) is 13.8 Å². The number of halogens is 1. The van der Waals surface area contributed by atoms with Gasteiger partial charge in [-0.05, 0) is 31.3 Å². The third-order valence-corrected chi connectivity index (χ3v) is 4.11. The number of anilines is 3. The van der Waals surface area contributed by atoms with Gasteiger partial charge in [0.05, 0.1) is 11.7 Å². The van der Waals surface area contributed by atoms with Gasteiger partial charge in [0.2, 0.25) is 0 Å². The second kappa shape index (κ2) is 7.96. The SMILES string of the molecule is CCN(CC)CCOc1ncc(F)c(Nc2ccc3[nH]nc(N)c3c2)n1. The number of nitrogens with zero attached hydrogens (tertiary/aromatic N) is 4. The van der Waals surface area contributed by atoms with Crippen molar-refractivity contribution in [1.29, 1.82) is 0 Å². The first kappa shape index (κ1) is 17.9. The van der Waals surface area contributed by atoms with Crippen LogP contribution in [0, 0.1) is 5.82 Å². The molecule has 3 rings (SSSR count). The number of nitrogen functional groups attached to an aromatic ring is 1. The largest absolute Gasteiger partial charge is 0.462 e. The van der Waals surface area contributed by atoms with Crippen molar-refractivity contribution >= 4 is 28.2 Å². The number of aromatic nitrogens is 4. The molecule has 0 saturated carbocycles. The lowest BCUT2D eigenvalue weighted by Crippen LogP contribution is -2.28. The van der Waals surface area contributed by atoms with Crippen LogP contribution in [0.5, 0.6) is 6.01 Å². The molecule has 2 heterocycles. The van der Waals surface area contributed by atoms with E-state index in [9.17, 15) is 4.39 Å². The van der Waals surface area contributed by atoms with Crippen LogP contribution in [0.1, 0.15) is 13.8 Å². The Balaban J connectivity index is 1.71. The predicted molar refractivity (Wildman–Crippen MR) is 99.1 cm³/mol. The van der Waals surface area contributed by atoms with Gasteiger partial charge in [0.15, 0.2) is 17.5 Å². The lowest BCUT2D eigenvalue weighted by atomic mass is 10.2. The number of hydrogen-bond donors (Lipinski definition) is 3. The monoisotopic (exact) mass is 359 g/mol. The molecule has 26 heavy (non-hydrogen) atoms. The van der Waals surface area contributed by atoms with Crippen molar-refractivity contribution in [2.24, 2.45) is 0 Å². The number of nitrogens with one attached hydrogen (secondary N) is 2. The Kier molecular flexibility index (Phi) is 5.47. The van der Waals surface area contributed by atoms with E-state index < -0.39 is 5.82 Å². The molecule has 0 fully saturated rings. The van der Waals surface area contributed by atoms with Crippen molar-refractivity contribution in [2.45, 2.75) is 13.8 Å². The molecule has 8 nitrogen and oxygen atoms in total. The van der Waals surface area contributed by atoms with E-state index in [1.807, 2.05) is 6.07 Å². The molecule has 1 aromatic carbocycles. The smallest absolute Gasteiger partial charge is 0.318 e. The number of benzene rings is 1. The fourth-order valence-corrected chi connectivity index (χ4v) is 2.56. The molecule has 4 N–H and O–H groups in total. The molecule has 0 aliphatic rings. The second-order valence-corrected chi connectivity index (χ2v) is 5.72. The van der Waals surface area contributed by atoms with Crippen molar-refractivity contribution in [3.63, 3.8) is 0 Å². The van der Waals surface area contributed by atoms with Crippen LogP contribution < -0.4 is 15.8 Å². The summed E-state index contributed by atoms with van der Waals surface area (Å²) in [5.74, 6) is -0.146. The number of nitrogens with two attached hydrogens (primary N) is 1. The first-order valence-corrected chi connectivity index (χ1v) is 8.49. The fourth-order valence-electron chi connectivity index (χ4n) is 2.56. The second-order valence-electron chi connectivity index (χ2n) is 5.72. The van der Waals surface area contributed by atoms with Crippen molar-refractivity contribution in [3.8, 4) is 6.01 Å². The number of rotatable bonds is 8. The van der Waals surface area contributed by atoms with E-state index >= 15 is 0 Å². The van der Waals surface area contributed by atoms with Crippen LogP contribution in [0.15, 0.2) is 24.4 Å². The topological polar surface area (TPSA) is 105 Å². The van der Waals surface area contributed by atoms with E-state index in [2.05, 4.69) is 44.2 Å². The maximum absolute atomic E-state index is 14.1. The number of likely N-dealkylation sites (N-methyl/N-ethyl adjacent to an activating group) is 1. The molecule has 0 amide bonds. The summed E-state index contributed by atoms with van der Waals surface area (Å²) in [6, 6.07) is 5.49. The molecule has 0 atom stereocenters. The van der Waals surface area contributed by atoms with Gasteiger partial charge in [0.1, 0.15) is 6.61 Å². The van der Waals surface area contributed by atoms with E-state index in [4.69, 9.17) is 10.5 Å². The summed E-state index contributed by atoms with van der Waals surface area (Å²) in [6.07, 6.45) is 1.09.